The van der Waals surface area contributed by atoms with Crippen LogP contribution in [0.15, 0.2) is 18.2 Å². The summed E-state index contributed by atoms with van der Waals surface area (Å²) in [6.07, 6.45) is 6.51. The Hall–Kier alpha value is -1.09. The van der Waals surface area contributed by atoms with Crippen molar-refractivity contribution in [2.45, 2.75) is 38.6 Å². The fraction of sp³-hybridized carbons (Fsp3) is 0.571. The number of likely N-dealkylation sites (tertiary alicyclic amines) is 1. The van der Waals surface area contributed by atoms with Gasteiger partial charge in [0.1, 0.15) is 5.82 Å². The van der Waals surface area contributed by atoms with Gasteiger partial charge in [0.15, 0.2) is 0 Å². The monoisotopic (exact) mass is 236 g/mol. The Morgan fingerprint density at radius 1 is 1.00 bits per heavy atom. The molecule has 1 fully saturated rings. The molecule has 1 heterocycles. The lowest BCUT2D eigenvalue weighted by Crippen LogP contribution is -2.26. The maximum atomic E-state index is 13.2. The maximum Gasteiger partial charge on any atom is 0.125 e. The molecule has 0 radical (unpaired) electrons. The molecule has 2 nitrogen and oxygen atoms in total. The third kappa shape index (κ3) is 4.00. The Labute approximate surface area is 103 Å². The largest absolute Gasteiger partial charge is 0.399 e. The van der Waals surface area contributed by atoms with Gasteiger partial charge >= 0.3 is 0 Å². The summed E-state index contributed by atoms with van der Waals surface area (Å²) in [4.78, 5) is 2.41. The molecule has 2 N–H and O–H groups in total. The van der Waals surface area contributed by atoms with Crippen molar-refractivity contribution in [1.82, 2.24) is 4.90 Å². The van der Waals surface area contributed by atoms with Gasteiger partial charge < -0.3 is 5.73 Å². The zero-order chi connectivity index (χ0) is 12.1. The number of rotatable bonds is 2. The first-order valence-electron chi connectivity index (χ1n) is 6.51. The molecular formula is C14H21FN2. The number of nitrogen functional groups attached to an aromatic ring is 1. The topological polar surface area (TPSA) is 29.3 Å². The van der Waals surface area contributed by atoms with Crippen molar-refractivity contribution in [3.8, 4) is 0 Å². The molecule has 0 bridgehead atoms. The van der Waals surface area contributed by atoms with Gasteiger partial charge in [-0.25, -0.2) is 4.39 Å². The number of nitrogens with two attached hydrogens (primary N) is 1. The predicted molar refractivity (Wildman–Crippen MR) is 69.2 cm³/mol. The van der Waals surface area contributed by atoms with Gasteiger partial charge in [0.2, 0.25) is 0 Å². The van der Waals surface area contributed by atoms with Crippen molar-refractivity contribution in [3.63, 3.8) is 0 Å². The SMILES string of the molecule is Nc1cc(F)cc(CN2CCCCCCC2)c1. The third-order valence-electron chi connectivity index (χ3n) is 3.33. The van der Waals surface area contributed by atoms with Crippen molar-refractivity contribution in [3.05, 3.63) is 29.6 Å². The summed E-state index contributed by atoms with van der Waals surface area (Å²) in [5, 5.41) is 0. The molecule has 3 heteroatoms. The van der Waals surface area contributed by atoms with E-state index < -0.39 is 0 Å². The highest BCUT2D eigenvalue weighted by atomic mass is 19.1. The van der Waals surface area contributed by atoms with Crippen LogP contribution >= 0.6 is 0 Å². The molecule has 0 spiro atoms. The highest BCUT2D eigenvalue weighted by Gasteiger charge is 2.09. The average molecular weight is 236 g/mol. The predicted octanol–water partition coefficient (Wildman–Crippen LogP) is 3.17. The van der Waals surface area contributed by atoms with Crippen molar-refractivity contribution >= 4 is 5.69 Å². The standard InChI is InChI=1S/C14H21FN2/c15-13-8-12(9-14(16)10-13)11-17-6-4-2-1-3-5-7-17/h8-10H,1-7,11,16H2. The fourth-order valence-electron chi connectivity index (χ4n) is 2.50. The smallest absolute Gasteiger partial charge is 0.125 e. The van der Waals surface area contributed by atoms with Gasteiger partial charge in [0.05, 0.1) is 0 Å². The molecule has 1 aromatic carbocycles. The molecule has 94 valence electrons. The van der Waals surface area contributed by atoms with E-state index in [0.717, 1.165) is 25.2 Å². The summed E-state index contributed by atoms with van der Waals surface area (Å²) in [6, 6.07) is 4.84. The Bertz CT molecular complexity index is 337. The molecule has 0 amide bonds. The Morgan fingerprint density at radius 3 is 2.29 bits per heavy atom. The van der Waals surface area contributed by atoms with Gasteiger partial charge in [-0.15, -0.1) is 0 Å². The van der Waals surface area contributed by atoms with Crippen molar-refractivity contribution < 1.29 is 4.39 Å². The number of halogens is 1. The second kappa shape index (κ2) is 6.01. The van der Waals surface area contributed by atoms with Crippen LogP contribution in [0.2, 0.25) is 0 Å². The summed E-state index contributed by atoms with van der Waals surface area (Å²) < 4.78 is 13.2. The van der Waals surface area contributed by atoms with E-state index in [1.165, 1.54) is 38.2 Å². The van der Waals surface area contributed by atoms with Gasteiger partial charge in [0, 0.05) is 12.2 Å². The number of anilines is 1. The second-order valence-corrected chi connectivity index (χ2v) is 4.94. The quantitative estimate of drug-likeness (QED) is 0.799. The first kappa shape index (κ1) is 12.4. The Morgan fingerprint density at radius 2 is 1.65 bits per heavy atom. The van der Waals surface area contributed by atoms with E-state index in [0.29, 0.717) is 5.69 Å². The van der Waals surface area contributed by atoms with Gasteiger partial charge in [-0.3, -0.25) is 4.90 Å². The molecule has 0 atom stereocenters. The fourth-order valence-corrected chi connectivity index (χ4v) is 2.50. The average Bonchev–Trinajstić information content (AvgIpc) is 2.20. The number of hydrogen-bond acceptors (Lipinski definition) is 2. The maximum absolute atomic E-state index is 13.2. The highest BCUT2D eigenvalue weighted by molar-refractivity contribution is 5.41. The minimum absolute atomic E-state index is 0.230. The minimum Gasteiger partial charge on any atom is -0.399 e. The van der Waals surface area contributed by atoms with Crippen LogP contribution in [0.3, 0.4) is 0 Å². The van der Waals surface area contributed by atoms with Crippen molar-refractivity contribution in [1.29, 1.82) is 0 Å². The van der Waals surface area contributed by atoms with E-state index in [4.69, 9.17) is 5.73 Å². The van der Waals surface area contributed by atoms with Crippen LogP contribution in [0.4, 0.5) is 10.1 Å². The van der Waals surface area contributed by atoms with Crippen LogP contribution in [-0.4, -0.2) is 18.0 Å². The van der Waals surface area contributed by atoms with Gasteiger partial charge in [-0.05, 0) is 49.7 Å². The number of benzene rings is 1. The number of hydrogen-bond donors (Lipinski definition) is 1. The molecule has 0 saturated carbocycles. The summed E-state index contributed by atoms with van der Waals surface area (Å²) in [5.74, 6) is -0.230. The van der Waals surface area contributed by atoms with Gasteiger partial charge in [-0.2, -0.15) is 0 Å². The molecule has 1 aliphatic heterocycles. The molecule has 0 unspecified atom stereocenters. The molecule has 1 aliphatic rings. The number of nitrogens with zero attached hydrogens (tertiary/aromatic N) is 1. The van der Waals surface area contributed by atoms with E-state index in [9.17, 15) is 4.39 Å². The van der Waals surface area contributed by atoms with Crippen molar-refractivity contribution in [2.75, 3.05) is 18.8 Å². The van der Waals surface area contributed by atoms with Gasteiger partial charge in [-0.1, -0.05) is 19.3 Å². The summed E-state index contributed by atoms with van der Waals surface area (Å²) in [5.41, 5.74) is 7.17. The summed E-state index contributed by atoms with van der Waals surface area (Å²) in [7, 11) is 0. The lowest BCUT2D eigenvalue weighted by atomic mass is 10.1. The summed E-state index contributed by atoms with van der Waals surface area (Å²) in [6.45, 7) is 3.06. The molecule has 0 aliphatic carbocycles. The molecule has 1 aromatic rings. The Kier molecular flexibility index (Phi) is 4.37. The van der Waals surface area contributed by atoms with E-state index in [1.807, 2.05) is 6.07 Å². The molecule has 17 heavy (non-hydrogen) atoms. The molecule has 1 saturated heterocycles. The van der Waals surface area contributed by atoms with E-state index in [2.05, 4.69) is 4.90 Å². The Balaban J connectivity index is 1.97. The first-order valence-corrected chi connectivity index (χ1v) is 6.51. The lowest BCUT2D eigenvalue weighted by Gasteiger charge is -2.24. The zero-order valence-corrected chi connectivity index (χ0v) is 10.3. The van der Waals surface area contributed by atoms with Crippen LogP contribution in [0.25, 0.3) is 0 Å². The van der Waals surface area contributed by atoms with E-state index in [-0.39, 0.29) is 5.82 Å². The zero-order valence-electron chi connectivity index (χ0n) is 10.3. The van der Waals surface area contributed by atoms with Crippen LogP contribution < -0.4 is 5.73 Å². The normalized spacial score (nSPS) is 18.6. The van der Waals surface area contributed by atoms with E-state index >= 15 is 0 Å². The van der Waals surface area contributed by atoms with Crippen LogP contribution in [-0.2, 0) is 6.54 Å². The molecule has 0 aromatic heterocycles. The highest BCUT2D eigenvalue weighted by Crippen LogP contribution is 2.16. The van der Waals surface area contributed by atoms with Crippen molar-refractivity contribution in [2.24, 2.45) is 0 Å². The van der Waals surface area contributed by atoms with Crippen LogP contribution in [0.5, 0.6) is 0 Å². The van der Waals surface area contributed by atoms with E-state index in [1.54, 1.807) is 6.07 Å². The first-order chi connectivity index (χ1) is 8.24. The van der Waals surface area contributed by atoms with Crippen LogP contribution in [0.1, 0.15) is 37.7 Å². The summed E-state index contributed by atoms with van der Waals surface area (Å²) >= 11 is 0. The van der Waals surface area contributed by atoms with Crippen LogP contribution in [0, 0.1) is 5.82 Å². The lowest BCUT2D eigenvalue weighted by molar-refractivity contribution is 0.239. The second-order valence-electron chi connectivity index (χ2n) is 4.94. The molecule has 2 rings (SSSR count). The van der Waals surface area contributed by atoms with Gasteiger partial charge in [0.25, 0.3) is 0 Å². The third-order valence-corrected chi connectivity index (χ3v) is 3.33. The molecular weight excluding hydrogens is 215 g/mol. The minimum atomic E-state index is -0.230.